The molecular weight excluding hydrogens is 409 g/mol. The first-order valence-corrected chi connectivity index (χ1v) is 7.98. The molecule has 1 saturated heterocycles. The Hall–Kier alpha value is -0.870. The molecule has 2 N–H and O–H groups in total. The van der Waals surface area contributed by atoms with Crippen molar-refractivity contribution in [2.24, 2.45) is 12.0 Å². The number of guanidine groups is 1. The summed E-state index contributed by atoms with van der Waals surface area (Å²) in [4.78, 5) is 4.56. The van der Waals surface area contributed by atoms with Crippen LogP contribution in [0.4, 0.5) is 0 Å². The van der Waals surface area contributed by atoms with Gasteiger partial charge in [0.25, 0.3) is 0 Å². The third-order valence-corrected chi connectivity index (χ3v) is 3.52. The summed E-state index contributed by atoms with van der Waals surface area (Å²) < 4.78 is 12.9. The second kappa shape index (κ2) is 11.6. The third kappa shape index (κ3) is 7.49. The monoisotopic (exact) mass is 437 g/mol. The van der Waals surface area contributed by atoms with Crippen LogP contribution in [0, 0.1) is 0 Å². The summed E-state index contributed by atoms with van der Waals surface area (Å²) in [7, 11) is 1.93. The number of rotatable bonds is 8. The van der Waals surface area contributed by atoms with Crippen LogP contribution >= 0.6 is 24.0 Å². The number of ether oxygens (including phenoxy) is 2. The molecule has 0 bridgehead atoms. The van der Waals surface area contributed by atoms with Crippen LogP contribution in [-0.4, -0.2) is 54.8 Å². The molecule has 1 aromatic rings. The molecule has 0 aromatic carbocycles. The summed E-state index contributed by atoms with van der Waals surface area (Å²) in [6.45, 7) is 6.67. The predicted molar refractivity (Wildman–Crippen MR) is 101 cm³/mol. The Balaban J connectivity index is 0.00000264. The van der Waals surface area contributed by atoms with Gasteiger partial charge in [-0.05, 0) is 25.8 Å². The van der Waals surface area contributed by atoms with Crippen LogP contribution in [0.15, 0.2) is 17.3 Å². The molecule has 2 heterocycles. The van der Waals surface area contributed by atoms with Gasteiger partial charge in [-0.25, -0.2) is 4.99 Å². The van der Waals surface area contributed by atoms with Gasteiger partial charge in [0.05, 0.1) is 24.9 Å². The first-order chi connectivity index (χ1) is 10.8. The summed E-state index contributed by atoms with van der Waals surface area (Å²) in [6, 6.07) is 1.98. The molecular formula is C15H28IN5O2. The molecule has 0 saturated carbocycles. The highest BCUT2D eigenvalue weighted by Crippen LogP contribution is 2.07. The van der Waals surface area contributed by atoms with E-state index in [0.717, 1.165) is 57.4 Å². The van der Waals surface area contributed by atoms with Gasteiger partial charge in [-0.2, -0.15) is 5.10 Å². The topological polar surface area (TPSA) is 72.7 Å². The van der Waals surface area contributed by atoms with Gasteiger partial charge < -0.3 is 20.1 Å². The van der Waals surface area contributed by atoms with Crippen molar-refractivity contribution in [1.29, 1.82) is 0 Å². The number of halogens is 1. The molecule has 1 fully saturated rings. The van der Waals surface area contributed by atoms with Gasteiger partial charge >= 0.3 is 0 Å². The van der Waals surface area contributed by atoms with E-state index in [0.29, 0.717) is 6.54 Å². The van der Waals surface area contributed by atoms with Crippen LogP contribution < -0.4 is 10.6 Å². The molecule has 0 spiro atoms. The fourth-order valence-electron chi connectivity index (χ4n) is 2.23. The van der Waals surface area contributed by atoms with E-state index in [1.165, 1.54) is 0 Å². The highest BCUT2D eigenvalue weighted by Gasteiger charge is 2.15. The minimum absolute atomic E-state index is 0. The van der Waals surface area contributed by atoms with E-state index in [9.17, 15) is 0 Å². The minimum atomic E-state index is 0. The molecule has 8 heteroatoms. The van der Waals surface area contributed by atoms with Gasteiger partial charge in [-0.3, -0.25) is 4.68 Å². The lowest BCUT2D eigenvalue weighted by atomic mass is 10.3. The van der Waals surface area contributed by atoms with Gasteiger partial charge in [0.1, 0.15) is 0 Å². The average Bonchev–Trinajstić information content (AvgIpc) is 3.16. The Kier molecular flexibility index (Phi) is 10.2. The van der Waals surface area contributed by atoms with E-state index in [1.807, 2.05) is 17.8 Å². The van der Waals surface area contributed by atoms with Gasteiger partial charge in [0.2, 0.25) is 0 Å². The van der Waals surface area contributed by atoms with Crippen LogP contribution in [0.5, 0.6) is 0 Å². The summed E-state index contributed by atoms with van der Waals surface area (Å²) in [5.41, 5.74) is 1.08. The molecule has 1 aliphatic rings. The SMILES string of the molecule is CCNC(=NCc1ccnn1C)NCCCOC1CCOC1.I. The molecule has 0 aliphatic carbocycles. The molecule has 1 atom stereocenters. The number of aryl methyl sites for hydroxylation is 1. The van der Waals surface area contributed by atoms with Crippen molar-refractivity contribution < 1.29 is 9.47 Å². The second-order valence-electron chi connectivity index (χ2n) is 5.28. The van der Waals surface area contributed by atoms with Crippen molar-refractivity contribution in [3.05, 3.63) is 18.0 Å². The van der Waals surface area contributed by atoms with E-state index in [-0.39, 0.29) is 30.1 Å². The normalized spacial score (nSPS) is 17.8. The third-order valence-electron chi connectivity index (χ3n) is 3.52. The molecule has 132 valence electrons. The Bertz CT molecular complexity index is 460. The zero-order chi connectivity index (χ0) is 15.6. The average molecular weight is 437 g/mol. The van der Waals surface area contributed by atoms with Crippen molar-refractivity contribution in [2.45, 2.75) is 32.4 Å². The van der Waals surface area contributed by atoms with Crippen molar-refractivity contribution >= 4 is 29.9 Å². The van der Waals surface area contributed by atoms with Crippen molar-refractivity contribution in [3.8, 4) is 0 Å². The summed E-state index contributed by atoms with van der Waals surface area (Å²) in [5.74, 6) is 0.827. The van der Waals surface area contributed by atoms with Crippen molar-refractivity contribution in [3.63, 3.8) is 0 Å². The van der Waals surface area contributed by atoms with E-state index in [4.69, 9.17) is 9.47 Å². The Morgan fingerprint density at radius 3 is 3.04 bits per heavy atom. The lowest BCUT2D eigenvalue weighted by Gasteiger charge is -2.13. The van der Waals surface area contributed by atoms with E-state index >= 15 is 0 Å². The number of hydrogen-bond acceptors (Lipinski definition) is 4. The minimum Gasteiger partial charge on any atom is -0.379 e. The lowest BCUT2D eigenvalue weighted by molar-refractivity contribution is 0.0420. The molecule has 1 aliphatic heterocycles. The van der Waals surface area contributed by atoms with Gasteiger partial charge in [-0.15, -0.1) is 24.0 Å². The maximum atomic E-state index is 5.74. The second-order valence-corrected chi connectivity index (χ2v) is 5.28. The summed E-state index contributed by atoms with van der Waals surface area (Å²) in [5, 5.41) is 10.7. The molecule has 1 unspecified atom stereocenters. The van der Waals surface area contributed by atoms with Gasteiger partial charge in [-0.1, -0.05) is 0 Å². The number of nitrogens with zero attached hydrogens (tertiary/aromatic N) is 3. The van der Waals surface area contributed by atoms with Gasteiger partial charge in [0.15, 0.2) is 5.96 Å². The van der Waals surface area contributed by atoms with Crippen LogP contribution in [0.2, 0.25) is 0 Å². The van der Waals surface area contributed by atoms with E-state index in [2.05, 4.69) is 27.6 Å². The molecule has 1 aromatic heterocycles. The fourth-order valence-corrected chi connectivity index (χ4v) is 2.23. The van der Waals surface area contributed by atoms with E-state index in [1.54, 1.807) is 6.20 Å². The number of aliphatic imine (C=N–C) groups is 1. The highest BCUT2D eigenvalue weighted by atomic mass is 127. The molecule has 0 amide bonds. The van der Waals surface area contributed by atoms with Crippen molar-refractivity contribution in [2.75, 3.05) is 32.9 Å². The highest BCUT2D eigenvalue weighted by molar-refractivity contribution is 14.0. The van der Waals surface area contributed by atoms with Crippen molar-refractivity contribution in [1.82, 2.24) is 20.4 Å². The van der Waals surface area contributed by atoms with Crippen LogP contribution in [0.3, 0.4) is 0 Å². The molecule has 7 nitrogen and oxygen atoms in total. The number of hydrogen-bond donors (Lipinski definition) is 2. The summed E-state index contributed by atoms with van der Waals surface area (Å²) >= 11 is 0. The maximum Gasteiger partial charge on any atom is 0.191 e. The quantitative estimate of drug-likeness (QED) is 0.278. The standard InChI is InChI=1S/C15H27N5O2.HI/c1-3-16-15(18-11-13-5-8-19-20(13)2)17-7-4-9-22-14-6-10-21-12-14;/h5,8,14H,3-4,6-7,9-12H2,1-2H3,(H2,16,17,18);1H. The molecule has 0 radical (unpaired) electrons. The zero-order valence-corrected chi connectivity index (χ0v) is 16.3. The van der Waals surface area contributed by atoms with Crippen LogP contribution in [-0.2, 0) is 23.1 Å². The number of nitrogens with one attached hydrogen (secondary N) is 2. The molecule has 23 heavy (non-hydrogen) atoms. The predicted octanol–water partition coefficient (Wildman–Crippen LogP) is 1.29. The smallest absolute Gasteiger partial charge is 0.191 e. The van der Waals surface area contributed by atoms with Crippen LogP contribution in [0.25, 0.3) is 0 Å². The van der Waals surface area contributed by atoms with Gasteiger partial charge in [0, 0.05) is 39.5 Å². The maximum absolute atomic E-state index is 5.74. The lowest BCUT2D eigenvalue weighted by Crippen LogP contribution is -2.38. The Labute approximate surface area is 155 Å². The first-order valence-electron chi connectivity index (χ1n) is 7.98. The Morgan fingerprint density at radius 2 is 2.39 bits per heavy atom. The zero-order valence-electron chi connectivity index (χ0n) is 14.0. The van der Waals surface area contributed by atoms with Crippen LogP contribution in [0.1, 0.15) is 25.5 Å². The van der Waals surface area contributed by atoms with E-state index < -0.39 is 0 Å². The Morgan fingerprint density at radius 1 is 1.52 bits per heavy atom. The first kappa shape index (κ1) is 20.2. The number of aromatic nitrogens is 2. The summed E-state index contributed by atoms with van der Waals surface area (Å²) in [6.07, 6.45) is 4.04. The fraction of sp³-hybridized carbons (Fsp3) is 0.733. The largest absolute Gasteiger partial charge is 0.379 e. The molecule has 2 rings (SSSR count).